The van der Waals surface area contributed by atoms with Crippen LogP contribution in [0.5, 0.6) is 0 Å². The number of rotatable bonds is 40. The van der Waals surface area contributed by atoms with Crippen molar-refractivity contribution in [3.05, 3.63) is 36.5 Å². The molecule has 0 radical (unpaired) electrons. The maximum Gasteiger partial charge on any atom is 0.374 e. The summed E-state index contributed by atoms with van der Waals surface area (Å²) < 4.78 is 4.57. The molecule has 502 valence electrons. The normalized spacial score (nSPS) is 12.0. The predicted molar refractivity (Wildman–Crippen MR) is 326 cm³/mol. The molecule has 0 saturated heterocycles. The molecule has 0 fully saturated rings. The summed E-state index contributed by atoms with van der Waals surface area (Å²) in [6.45, 7) is 19.5. The summed E-state index contributed by atoms with van der Waals surface area (Å²) >= 11 is 2.12. The number of ketones is 5. The van der Waals surface area contributed by atoms with Crippen molar-refractivity contribution in [3.8, 4) is 0 Å². The van der Waals surface area contributed by atoms with Crippen LogP contribution in [0.2, 0.25) is 0 Å². The van der Waals surface area contributed by atoms with E-state index in [0.717, 1.165) is 30.4 Å². The largest absolute Gasteiger partial charge is 0.480 e. The van der Waals surface area contributed by atoms with Crippen molar-refractivity contribution in [2.24, 2.45) is 34.4 Å². The van der Waals surface area contributed by atoms with Crippen LogP contribution in [0.3, 0.4) is 0 Å². The fourth-order valence-corrected chi connectivity index (χ4v) is 6.60. The number of Topliss-reactive ketones (excluding diaryl/α,β-unsaturated/α-hetero) is 5. The number of carboxylic acid groups (broad SMARTS) is 6. The van der Waals surface area contributed by atoms with Gasteiger partial charge < -0.3 is 80.4 Å². The number of nitrogens with one attached hydrogen (secondary N) is 2. The van der Waals surface area contributed by atoms with Gasteiger partial charge in [0.1, 0.15) is 36.3 Å². The minimum atomic E-state index is -1.10. The number of carboxylic acids is 6. The van der Waals surface area contributed by atoms with Crippen LogP contribution in [-0.4, -0.2) is 191 Å². The molecule has 6 unspecified atom stereocenters. The third-order valence-electron chi connectivity index (χ3n) is 10.5. The van der Waals surface area contributed by atoms with Crippen molar-refractivity contribution in [2.75, 3.05) is 31.2 Å². The number of allylic oxidation sites excluding steroid dienone is 1. The van der Waals surface area contributed by atoms with Crippen molar-refractivity contribution in [1.29, 1.82) is 0 Å². The molecule has 2 amide bonds. The molecule has 20 N–H and O–H groups in total. The topological polar surface area (TPSA) is 584 Å². The second-order valence-corrected chi connectivity index (χ2v) is 21.1. The highest BCUT2D eigenvalue weighted by Crippen LogP contribution is 2.12. The van der Waals surface area contributed by atoms with E-state index in [4.69, 9.17) is 65.0 Å². The van der Waals surface area contributed by atoms with Crippen LogP contribution < -0.4 is 45.0 Å². The van der Waals surface area contributed by atoms with Crippen molar-refractivity contribution < 1.29 is 112 Å². The zero-order valence-electron chi connectivity index (χ0n) is 50.8. The molecule has 0 heterocycles. The van der Waals surface area contributed by atoms with Gasteiger partial charge >= 0.3 is 41.8 Å². The van der Waals surface area contributed by atoms with Crippen LogP contribution in [0, 0.1) is 0 Å². The molecule has 0 aliphatic rings. The quantitative estimate of drug-likeness (QED) is 0.0172. The van der Waals surface area contributed by atoms with Gasteiger partial charge in [-0.3, -0.25) is 71.9 Å². The Morgan fingerprint density at radius 1 is 0.386 bits per heavy atom. The molecule has 88 heavy (non-hydrogen) atoms. The van der Waals surface area contributed by atoms with Crippen LogP contribution in [0.1, 0.15) is 144 Å². The van der Waals surface area contributed by atoms with Gasteiger partial charge in [-0.05, 0) is 122 Å². The fourth-order valence-electron chi connectivity index (χ4n) is 5.12. The summed E-state index contributed by atoms with van der Waals surface area (Å²) in [6, 6.07) is -5.22. The molecule has 33 heteroatoms. The SMILES string of the molecule is C=C(C)C(=O)C(=O)CCCC(N)C(=O)O.C=C(C)C(=O)NCCCC(N)C(=O)O.C=C(C)C(=O)SCCCC(N)C(=O)O.CC(=O)C(=O)NCCCCC(N)C(=O)O.CC(=O)C(=O)OCCCCC(N)C(=O)O.CC(=O)C(=O)SCCCCC(N)C(=O)O. The monoisotopic (exact) mass is 1300 g/mol. The van der Waals surface area contributed by atoms with Crippen LogP contribution in [-0.2, 0) is 81.4 Å². The Bertz CT molecular complexity index is 2180. The maximum absolute atomic E-state index is 11.1. The van der Waals surface area contributed by atoms with Gasteiger partial charge in [0.2, 0.25) is 39.9 Å². The number of carbonyl (C=O) groups is 16. The van der Waals surface area contributed by atoms with E-state index in [2.05, 4.69) is 35.1 Å². The molecule has 0 saturated carbocycles. The second-order valence-electron chi connectivity index (χ2n) is 19.0. The highest BCUT2D eigenvalue weighted by Gasteiger charge is 2.18. The molecule has 6 atom stereocenters. The van der Waals surface area contributed by atoms with E-state index in [9.17, 15) is 76.7 Å². The Kier molecular flexibility index (Phi) is 58.5. The van der Waals surface area contributed by atoms with E-state index in [0.29, 0.717) is 126 Å². The van der Waals surface area contributed by atoms with E-state index in [1.165, 1.54) is 20.8 Å². The van der Waals surface area contributed by atoms with Crippen molar-refractivity contribution >= 4 is 116 Å². The Morgan fingerprint density at radius 3 is 1.09 bits per heavy atom. The van der Waals surface area contributed by atoms with Gasteiger partial charge in [0.05, 0.1) is 6.61 Å². The molecular weight excluding hydrogens is 1200 g/mol. The van der Waals surface area contributed by atoms with Crippen LogP contribution in [0.4, 0.5) is 0 Å². The Hall–Kier alpha value is -7.40. The highest BCUT2D eigenvalue weighted by molar-refractivity contribution is 8.15. The highest BCUT2D eigenvalue weighted by atomic mass is 32.2. The third-order valence-corrected chi connectivity index (χ3v) is 12.6. The zero-order valence-corrected chi connectivity index (χ0v) is 52.5. The summed E-state index contributed by atoms with van der Waals surface area (Å²) in [6.07, 6.45) is 7.09. The van der Waals surface area contributed by atoms with Crippen molar-refractivity contribution in [1.82, 2.24) is 10.6 Å². The summed E-state index contributed by atoms with van der Waals surface area (Å²) in [4.78, 5) is 170. The lowest BCUT2D eigenvalue weighted by Crippen LogP contribution is -2.32. The molecule has 0 aliphatic carbocycles. The van der Waals surface area contributed by atoms with Gasteiger partial charge in [-0.15, -0.1) is 0 Å². The summed E-state index contributed by atoms with van der Waals surface area (Å²) in [7, 11) is 0. The lowest BCUT2D eigenvalue weighted by molar-refractivity contribution is -0.153. The first kappa shape index (κ1) is 91.8. The molecule has 0 spiro atoms. The molecule has 0 bridgehead atoms. The molecule has 0 aromatic carbocycles. The number of hydrogen-bond donors (Lipinski definition) is 14. The summed E-state index contributed by atoms with van der Waals surface area (Å²) in [5, 5.41) is 55.3. The number of nitrogens with two attached hydrogens (primary N) is 6. The Morgan fingerprint density at radius 2 is 0.727 bits per heavy atom. The third kappa shape index (κ3) is 60.3. The number of ether oxygens (including phenoxy) is 1. The molecule has 0 aromatic rings. The molecule has 0 aliphatic heterocycles. The second kappa shape index (κ2) is 56.1. The number of unbranched alkanes of at least 4 members (excludes halogenated alkanes) is 3. The van der Waals surface area contributed by atoms with Crippen LogP contribution in [0.15, 0.2) is 36.5 Å². The van der Waals surface area contributed by atoms with E-state index >= 15 is 0 Å². The zero-order chi connectivity index (χ0) is 69.8. The Balaban J connectivity index is -0.000000229. The van der Waals surface area contributed by atoms with Gasteiger partial charge in [0.25, 0.3) is 11.0 Å². The number of carbonyl (C=O) groups excluding carboxylic acids is 10. The van der Waals surface area contributed by atoms with Gasteiger partial charge in [0.15, 0.2) is 0 Å². The summed E-state index contributed by atoms with van der Waals surface area (Å²) in [5.41, 5.74) is 32.7. The predicted octanol–water partition coefficient (Wildman–Crippen LogP) is 0.560. The van der Waals surface area contributed by atoms with Crippen LogP contribution >= 0.6 is 23.5 Å². The van der Waals surface area contributed by atoms with Gasteiger partial charge in [-0.2, -0.15) is 0 Å². The molecule has 31 nitrogen and oxygen atoms in total. The fraction of sp³-hybridized carbons (Fsp3) is 0.600. The van der Waals surface area contributed by atoms with Crippen molar-refractivity contribution in [2.45, 2.75) is 181 Å². The molecular formula is C55H92N8O23S2. The van der Waals surface area contributed by atoms with Crippen molar-refractivity contribution in [3.63, 3.8) is 0 Å². The van der Waals surface area contributed by atoms with Crippen LogP contribution in [0.25, 0.3) is 0 Å². The number of esters is 1. The lowest BCUT2D eigenvalue weighted by Gasteiger charge is -2.07. The smallest absolute Gasteiger partial charge is 0.374 e. The average molecular weight is 1300 g/mol. The standard InChI is InChI=1S/C10H15NO4.C9H16N2O4.C9H16N2O3.C9H15NO5.C9H15NO4S.C9H15NO3S/c1-6(2)9(13)8(12)5-3-4-7(11)10(14)15;1-6(12)8(13)11-5-3-2-4-7(10)9(14)15;1-6(2)8(12)11-5-3-4-7(10)9(13)14;2*1-6(11)9(14)15-5-3-2-4-7(10)8(12)13;1-6(2)9(13)14-5-3-4-7(10)8(11)12/h7H,1,3-5,11H2,2H3,(H,14,15);7H,2-5,10H2,1H3,(H,11,13)(H,14,15);7H,1,3-5,10H2,2H3,(H,11,12)(H,13,14);2*7H,2-5,10H2,1H3,(H,12,13);7H,1,3-5,10H2,2H3,(H,11,12). The van der Waals surface area contributed by atoms with E-state index < -0.39 is 118 Å². The first-order valence-electron chi connectivity index (χ1n) is 27.1. The maximum atomic E-state index is 11.1. The first-order valence-corrected chi connectivity index (χ1v) is 29.1. The number of amides is 2. The van der Waals surface area contributed by atoms with Gasteiger partial charge in [-0.1, -0.05) is 49.7 Å². The van der Waals surface area contributed by atoms with Gasteiger partial charge in [-0.25, -0.2) is 4.79 Å². The number of hydrogen-bond acceptors (Lipinski definition) is 25. The molecule has 0 aromatic heterocycles. The lowest BCUT2D eigenvalue weighted by atomic mass is 10.0. The molecule has 0 rings (SSSR count). The average Bonchev–Trinajstić information content (AvgIpc) is 3.44. The van der Waals surface area contributed by atoms with E-state index in [1.807, 2.05) is 0 Å². The summed E-state index contributed by atoms with van der Waals surface area (Å²) in [5.74, 6) is -9.54. The number of aliphatic carboxylic acids is 6. The Labute approximate surface area is 519 Å². The van der Waals surface area contributed by atoms with Gasteiger partial charge in [0, 0.05) is 57.4 Å². The minimum Gasteiger partial charge on any atom is -0.480 e. The van der Waals surface area contributed by atoms with E-state index in [1.54, 1.807) is 13.8 Å². The number of thioether (sulfide) groups is 2. The minimum absolute atomic E-state index is 0.0205. The first-order chi connectivity index (χ1) is 40.6. The van der Waals surface area contributed by atoms with E-state index in [-0.39, 0.29) is 36.0 Å².